The van der Waals surface area contributed by atoms with Gasteiger partial charge in [-0.2, -0.15) is 0 Å². The smallest absolute Gasteiger partial charge is 0.0744 e. The standard InChI is InChI=1S/C12H18O/c1-2-12(13)9-5-7-10-6-3-4-8-11(10)12/h4,6,8,11,13H,2-3,5,7,9H2,1H3/t11-,12-/m0/s1. The minimum atomic E-state index is -0.443. The Kier molecular flexibility index (Phi) is 2.29. The highest BCUT2D eigenvalue weighted by Gasteiger charge is 2.38. The molecule has 0 spiro atoms. The van der Waals surface area contributed by atoms with Gasteiger partial charge < -0.3 is 5.11 Å². The second-order valence-corrected chi connectivity index (χ2v) is 4.23. The average molecular weight is 178 g/mol. The summed E-state index contributed by atoms with van der Waals surface area (Å²) in [5, 5.41) is 10.4. The second kappa shape index (κ2) is 3.30. The number of fused-ring (bicyclic) bond motifs is 1. The lowest BCUT2D eigenvalue weighted by atomic mass is 9.69. The second-order valence-electron chi connectivity index (χ2n) is 4.23. The molecule has 0 amide bonds. The highest BCUT2D eigenvalue weighted by molar-refractivity contribution is 5.26. The number of allylic oxidation sites excluding steroid dienone is 2. The Morgan fingerprint density at radius 1 is 1.62 bits per heavy atom. The largest absolute Gasteiger partial charge is 0.389 e. The van der Waals surface area contributed by atoms with Gasteiger partial charge in [0.25, 0.3) is 0 Å². The van der Waals surface area contributed by atoms with E-state index >= 15 is 0 Å². The van der Waals surface area contributed by atoms with E-state index in [1.165, 1.54) is 12.0 Å². The molecule has 2 atom stereocenters. The molecule has 0 aliphatic heterocycles. The van der Waals surface area contributed by atoms with Crippen LogP contribution in [0, 0.1) is 5.92 Å². The summed E-state index contributed by atoms with van der Waals surface area (Å²) >= 11 is 0. The number of hydrogen-bond acceptors (Lipinski definition) is 1. The van der Waals surface area contributed by atoms with Crippen LogP contribution in [0.3, 0.4) is 0 Å². The summed E-state index contributed by atoms with van der Waals surface area (Å²) in [6.07, 6.45) is 11.9. The van der Waals surface area contributed by atoms with Crippen molar-refractivity contribution in [2.45, 2.75) is 44.6 Å². The van der Waals surface area contributed by atoms with Crippen molar-refractivity contribution in [2.75, 3.05) is 0 Å². The van der Waals surface area contributed by atoms with Crippen molar-refractivity contribution in [3.8, 4) is 0 Å². The maximum absolute atomic E-state index is 10.4. The molecule has 0 radical (unpaired) electrons. The lowest BCUT2D eigenvalue weighted by molar-refractivity contribution is -0.0141. The van der Waals surface area contributed by atoms with Crippen LogP contribution >= 0.6 is 0 Å². The van der Waals surface area contributed by atoms with Crippen LogP contribution in [-0.4, -0.2) is 10.7 Å². The molecule has 1 fully saturated rings. The van der Waals surface area contributed by atoms with Crippen LogP contribution in [0.15, 0.2) is 23.8 Å². The summed E-state index contributed by atoms with van der Waals surface area (Å²) in [7, 11) is 0. The molecule has 0 unspecified atom stereocenters. The van der Waals surface area contributed by atoms with Gasteiger partial charge in [0.05, 0.1) is 5.60 Å². The molecule has 2 rings (SSSR count). The van der Waals surface area contributed by atoms with Crippen molar-refractivity contribution in [1.29, 1.82) is 0 Å². The number of hydrogen-bond donors (Lipinski definition) is 1. The molecule has 0 bridgehead atoms. The Balaban J connectivity index is 2.26. The van der Waals surface area contributed by atoms with E-state index < -0.39 is 5.60 Å². The minimum Gasteiger partial charge on any atom is -0.389 e. The summed E-state index contributed by atoms with van der Waals surface area (Å²) in [6, 6.07) is 0. The third kappa shape index (κ3) is 1.46. The summed E-state index contributed by atoms with van der Waals surface area (Å²) in [4.78, 5) is 0. The van der Waals surface area contributed by atoms with Gasteiger partial charge in [-0.25, -0.2) is 0 Å². The molecule has 0 saturated heterocycles. The van der Waals surface area contributed by atoms with E-state index in [0.717, 1.165) is 25.7 Å². The van der Waals surface area contributed by atoms with E-state index in [2.05, 4.69) is 25.2 Å². The predicted molar refractivity (Wildman–Crippen MR) is 54.4 cm³/mol. The fourth-order valence-electron chi connectivity index (χ4n) is 2.62. The Labute approximate surface area is 80.2 Å². The van der Waals surface area contributed by atoms with Crippen molar-refractivity contribution in [3.05, 3.63) is 23.8 Å². The van der Waals surface area contributed by atoms with Gasteiger partial charge in [0, 0.05) is 5.92 Å². The molecule has 2 aliphatic carbocycles. The van der Waals surface area contributed by atoms with Crippen molar-refractivity contribution in [1.82, 2.24) is 0 Å². The van der Waals surface area contributed by atoms with E-state index in [-0.39, 0.29) is 0 Å². The topological polar surface area (TPSA) is 20.2 Å². The molecule has 2 aliphatic rings. The van der Waals surface area contributed by atoms with Gasteiger partial charge in [-0.3, -0.25) is 0 Å². The van der Waals surface area contributed by atoms with E-state index in [0.29, 0.717) is 5.92 Å². The minimum absolute atomic E-state index is 0.319. The Morgan fingerprint density at radius 2 is 2.46 bits per heavy atom. The average Bonchev–Trinajstić information content (AvgIpc) is 2.19. The third-order valence-electron chi connectivity index (χ3n) is 3.51. The maximum Gasteiger partial charge on any atom is 0.0744 e. The fourth-order valence-corrected chi connectivity index (χ4v) is 2.62. The number of rotatable bonds is 1. The first kappa shape index (κ1) is 9.01. The van der Waals surface area contributed by atoms with Gasteiger partial charge in [-0.15, -0.1) is 0 Å². The van der Waals surface area contributed by atoms with E-state index in [4.69, 9.17) is 0 Å². The molecule has 1 saturated carbocycles. The molecule has 0 aromatic rings. The van der Waals surface area contributed by atoms with Crippen LogP contribution in [0.1, 0.15) is 39.0 Å². The van der Waals surface area contributed by atoms with Crippen LogP contribution in [0.5, 0.6) is 0 Å². The molecule has 13 heavy (non-hydrogen) atoms. The van der Waals surface area contributed by atoms with Crippen molar-refractivity contribution < 1.29 is 5.11 Å². The van der Waals surface area contributed by atoms with Crippen molar-refractivity contribution in [2.24, 2.45) is 5.92 Å². The van der Waals surface area contributed by atoms with E-state index in [9.17, 15) is 5.11 Å². The molecule has 1 N–H and O–H groups in total. The van der Waals surface area contributed by atoms with Gasteiger partial charge in [-0.05, 0) is 32.1 Å². The van der Waals surface area contributed by atoms with Gasteiger partial charge >= 0.3 is 0 Å². The van der Waals surface area contributed by atoms with Gasteiger partial charge in [0.2, 0.25) is 0 Å². The molecule has 0 heterocycles. The monoisotopic (exact) mass is 178 g/mol. The molecule has 0 aromatic carbocycles. The molecule has 1 heteroatoms. The summed E-state index contributed by atoms with van der Waals surface area (Å²) in [5.41, 5.74) is 1.03. The van der Waals surface area contributed by atoms with Crippen molar-refractivity contribution in [3.63, 3.8) is 0 Å². The van der Waals surface area contributed by atoms with Crippen LogP contribution in [0.4, 0.5) is 0 Å². The highest BCUT2D eigenvalue weighted by Crippen LogP contribution is 2.42. The molecular formula is C12H18O. The number of aliphatic hydroxyl groups is 1. The van der Waals surface area contributed by atoms with E-state index in [1.54, 1.807) is 0 Å². The normalized spacial score (nSPS) is 38.3. The molecule has 1 nitrogen and oxygen atoms in total. The zero-order valence-corrected chi connectivity index (χ0v) is 8.29. The molecule has 72 valence electrons. The van der Waals surface area contributed by atoms with E-state index in [1.807, 2.05) is 0 Å². The first-order valence-electron chi connectivity index (χ1n) is 5.34. The fraction of sp³-hybridized carbons (Fsp3) is 0.667. The maximum atomic E-state index is 10.4. The zero-order chi connectivity index (χ0) is 9.31. The molecule has 0 aromatic heterocycles. The van der Waals surface area contributed by atoms with Crippen LogP contribution in [-0.2, 0) is 0 Å². The lowest BCUT2D eigenvalue weighted by Gasteiger charge is -2.40. The van der Waals surface area contributed by atoms with Gasteiger partial charge in [0.1, 0.15) is 0 Å². The first-order chi connectivity index (χ1) is 6.26. The Hall–Kier alpha value is -0.560. The van der Waals surface area contributed by atoms with Crippen LogP contribution in [0.25, 0.3) is 0 Å². The van der Waals surface area contributed by atoms with Gasteiger partial charge in [-0.1, -0.05) is 30.7 Å². The Bertz CT molecular complexity index is 252. The highest BCUT2D eigenvalue weighted by atomic mass is 16.3. The Morgan fingerprint density at radius 3 is 3.23 bits per heavy atom. The first-order valence-corrected chi connectivity index (χ1v) is 5.34. The lowest BCUT2D eigenvalue weighted by Crippen LogP contribution is -2.40. The summed E-state index contributed by atoms with van der Waals surface area (Å²) < 4.78 is 0. The SMILES string of the molecule is CC[C@]1(O)CCCC2=CCC=C[C@@H]21. The summed E-state index contributed by atoms with van der Waals surface area (Å²) in [5.74, 6) is 0.319. The van der Waals surface area contributed by atoms with Crippen molar-refractivity contribution >= 4 is 0 Å². The molecular weight excluding hydrogens is 160 g/mol. The zero-order valence-electron chi connectivity index (χ0n) is 8.29. The quantitative estimate of drug-likeness (QED) is 0.612. The third-order valence-corrected chi connectivity index (χ3v) is 3.51. The van der Waals surface area contributed by atoms with Crippen LogP contribution < -0.4 is 0 Å². The van der Waals surface area contributed by atoms with Crippen LogP contribution in [0.2, 0.25) is 0 Å². The summed E-state index contributed by atoms with van der Waals surface area (Å²) in [6.45, 7) is 2.09. The van der Waals surface area contributed by atoms with Gasteiger partial charge in [0.15, 0.2) is 0 Å². The predicted octanol–water partition coefficient (Wildman–Crippen LogP) is 2.81.